The molecule has 2 N–H and O–H groups in total. The van der Waals surface area contributed by atoms with Crippen molar-refractivity contribution in [2.75, 3.05) is 20.3 Å². The maximum Gasteiger partial charge on any atom is 0.335 e. The zero-order valence-corrected chi connectivity index (χ0v) is 8.92. The lowest BCUT2D eigenvalue weighted by Crippen LogP contribution is -2.22. The van der Waals surface area contributed by atoms with E-state index in [1.54, 1.807) is 12.1 Å². The first-order valence-electron chi connectivity index (χ1n) is 4.76. The zero-order valence-electron chi connectivity index (χ0n) is 8.92. The zero-order chi connectivity index (χ0) is 12.0. The third kappa shape index (κ3) is 3.88. The number of carbonyl (C=O) groups is 1. The van der Waals surface area contributed by atoms with E-state index in [1.807, 2.05) is 0 Å². The summed E-state index contributed by atoms with van der Waals surface area (Å²) in [6.45, 7) is 0.246. The fourth-order valence-corrected chi connectivity index (χ4v) is 1.15. The molecule has 0 saturated carbocycles. The lowest BCUT2D eigenvalue weighted by molar-refractivity contribution is 0.0325. The first-order valence-corrected chi connectivity index (χ1v) is 4.76. The molecule has 0 saturated heterocycles. The van der Waals surface area contributed by atoms with Gasteiger partial charge >= 0.3 is 5.97 Å². The van der Waals surface area contributed by atoms with Crippen LogP contribution < -0.4 is 4.74 Å². The predicted octanol–water partition coefficient (Wildman–Crippen LogP) is 0.771. The Morgan fingerprint density at radius 1 is 1.44 bits per heavy atom. The molecule has 1 aromatic carbocycles. The molecule has 0 aromatic heterocycles. The lowest BCUT2D eigenvalue weighted by Gasteiger charge is -2.11. The maximum atomic E-state index is 10.7. The molecule has 0 unspecified atom stereocenters. The fraction of sp³-hybridized carbons (Fsp3) is 0.364. The molecule has 0 aliphatic rings. The van der Waals surface area contributed by atoms with E-state index in [4.69, 9.17) is 14.6 Å². The van der Waals surface area contributed by atoms with Crippen LogP contribution >= 0.6 is 0 Å². The van der Waals surface area contributed by atoms with Gasteiger partial charge in [-0.1, -0.05) is 6.07 Å². The number of aliphatic hydroxyl groups excluding tert-OH is 1. The van der Waals surface area contributed by atoms with Crippen LogP contribution in [0.1, 0.15) is 10.4 Å². The third-order valence-electron chi connectivity index (χ3n) is 1.88. The van der Waals surface area contributed by atoms with Crippen LogP contribution in [0.25, 0.3) is 0 Å². The van der Waals surface area contributed by atoms with Crippen LogP contribution in [0.3, 0.4) is 0 Å². The Bertz CT molecular complexity index is 350. The van der Waals surface area contributed by atoms with E-state index < -0.39 is 12.1 Å². The molecular formula is C11H14O5. The number of aliphatic hydroxyl groups is 1. The second-order valence-corrected chi connectivity index (χ2v) is 3.25. The van der Waals surface area contributed by atoms with Crippen LogP contribution in [-0.4, -0.2) is 42.6 Å². The maximum absolute atomic E-state index is 10.7. The topological polar surface area (TPSA) is 76.0 Å². The highest BCUT2D eigenvalue weighted by molar-refractivity contribution is 5.87. The van der Waals surface area contributed by atoms with Crippen molar-refractivity contribution >= 4 is 5.97 Å². The number of methoxy groups -OCH3 is 1. The number of ether oxygens (including phenoxy) is 2. The SMILES string of the molecule is COC[C@@H](O)COc1cccc(C(=O)O)c1. The molecule has 1 rings (SSSR count). The first-order chi connectivity index (χ1) is 7.63. The summed E-state index contributed by atoms with van der Waals surface area (Å²) in [5, 5.41) is 18.1. The lowest BCUT2D eigenvalue weighted by atomic mass is 10.2. The smallest absolute Gasteiger partial charge is 0.335 e. The molecule has 0 fully saturated rings. The summed E-state index contributed by atoms with van der Waals surface area (Å²) < 4.78 is 9.95. The van der Waals surface area contributed by atoms with E-state index in [-0.39, 0.29) is 18.8 Å². The van der Waals surface area contributed by atoms with Crippen LogP contribution in [0.4, 0.5) is 0 Å². The van der Waals surface area contributed by atoms with Gasteiger partial charge in [0.05, 0.1) is 12.2 Å². The van der Waals surface area contributed by atoms with Crippen molar-refractivity contribution in [1.82, 2.24) is 0 Å². The highest BCUT2D eigenvalue weighted by atomic mass is 16.5. The van der Waals surface area contributed by atoms with Crippen molar-refractivity contribution in [2.45, 2.75) is 6.10 Å². The summed E-state index contributed by atoms with van der Waals surface area (Å²) >= 11 is 0. The van der Waals surface area contributed by atoms with Crippen molar-refractivity contribution in [3.63, 3.8) is 0 Å². The molecule has 0 spiro atoms. The average molecular weight is 226 g/mol. The normalized spacial score (nSPS) is 12.1. The summed E-state index contributed by atoms with van der Waals surface area (Å²) in [5.74, 6) is -0.599. The summed E-state index contributed by atoms with van der Waals surface area (Å²) in [4.78, 5) is 10.7. The minimum atomic E-state index is -1.01. The number of aromatic carboxylic acids is 1. The number of hydrogen-bond acceptors (Lipinski definition) is 4. The molecule has 0 aliphatic heterocycles. The van der Waals surface area contributed by atoms with Gasteiger partial charge in [0.1, 0.15) is 18.5 Å². The van der Waals surface area contributed by atoms with Gasteiger partial charge < -0.3 is 19.7 Å². The molecule has 0 aliphatic carbocycles. The van der Waals surface area contributed by atoms with Gasteiger partial charge in [-0.25, -0.2) is 4.79 Å². The van der Waals surface area contributed by atoms with Gasteiger partial charge in [0.25, 0.3) is 0 Å². The Morgan fingerprint density at radius 2 is 2.19 bits per heavy atom. The summed E-state index contributed by atoms with van der Waals surface area (Å²) in [6, 6.07) is 6.09. The average Bonchev–Trinajstić information content (AvgIpc) is 2.27. The molecule has 5 nitrogen and oxygen atoms in total. The largest absolute Gasteiger partial charge is 0.491 e. The van der Waals surface area contributed by atoms with Crippen LogP contribution in [0.15, 0.2) is 24.3 Å². The summed E-state index contributed by atoms with van der Waals surface area (Å²) in [6.07, 6.45) is -0.724. The molecule has 88 valence electrons. The quantitative estimate of drug-likeness (QED) is 0.749. The van der Waals surface area contributed by atoms with E-state index in [2.05, 4.69) is 0 Å². The Labute approximate surface area is 93.2 Å². The van der Waals surface area contributed by atoms with Crippen molar-refractivity contribution in [3.05, 3.63) is 29.8 Å². The van der Waals surface area contributed by atoms with Gasteiger partial charge in [-0.3, -0.25) is 0 Å². The van der Waals surface area contributed by atoms with E-state index >= 15 is 0 Å². The van der Waals surface area contributed by atoms with Gasteiger partial charge in [0.15, 0.2) is 0 Å². The summed E-state index contributed by atoms with van der Waals surface area (Å²) in [7, 11) is 1.48. The molecule has 16 heavy (non-hydrogen) atoms. The van der Waals surface area contributed by atoms with Crippen LogP contribution in [-0.2, 0) is 4.74 Å². The Kier molecular flexibility index (Phi) is 4.75. The van der Waals surface area contributed by atoms with Crippen molar-refractivity contribution < 1.29 is 24.5 Å². The van der Waals surface area contributed by atoms with Gasteiger partial charge in [-0.2, -0.15) is 0 Å². The van der Waals surface area contributed by atoms with Gasteiger partial charge in [0.2, 0.25) is 0 Å². The second kappa shape index (κ2) is 6.09. The molecule has 1 atom stereocenters. The molecule has 1 aromatic rings. The first kappa shape index (κ1) is 12.5. The number of hydrogen-bond donors (Lipinski definition) is 2. The Morgan fingerprint density at radius 3 is 2.81 bits per heavy atom. The van der Waals surface area contributed by atoms with Crippen LogP contribution in [0.2, 0.25) is 0 Å². The minimum Gasteiger partial charge on any atom is -0.491 e. The second-order valence-electron chi connectivity index (χ2n) is 3.25. The predicted molar refractivity (Wildman–Crippen MR) is 56.8 cm³/mol. The molecule has 0 bridgehead atoms. The van der Waals surface area contributed by atoms with Gasteiger partial charge in [-0.15, -0.1) is 0 Å². The standard InChI is InChI=1S/C11H14O5/c1-15-6-9(12)7-16-10-4-2-3-8(5-10)11(13)14/h2-5,9,12H,6-7H2,1H3,(H,13,14)/t9-/m1/s1. The number of carboxylic acids is 1. The fourth-order valence-electron chi connectivity index (χ4n) is 1.15. The number of benzene rings is 1. The molecule has 0 heterocycles. The molecular weight excluding hydrogens is 212 g/mol. The minimum absolute atomic E-state index is 0.0664. The highest BCUT2D eigenvalue weighted by Gasteiger charge is 2.06. The van der Waals surface area contributed by atoms with E-state index in [1.165, 1.54) is 19.2 Å². The van der Waals surface area contributed by atoms with Gasteiger partial charge in [0, 0.05) is 7.11 Å². The number of rotatable bonds is 6. The molecule has 5 heteroatoms. The van der Waals surface area contributed by atoms with Crippen LogP contribution in [0, 0.1) is 0 Å². The molecule has 0 radical (unpaired) electrons. The monoisotopic (exact) mass is 226 g/mol. The summed E-state index contributed by atoms with van der Waals surface area (Å²) in [5.41, 5.74) is 0.152. The van der Waals surface area contributed by atoms with Gasteiger partial charge in [-0.05, 0) is 18.2 Å². The van der Waals surface area contributed by atoms with E-state index in [0.29, 0.717) is 5.75 Å². The number of carboxylic acid groups (broad SMARTS) is 1. The Balaban J connectivity index is 2.54. The van der Waals surface area contributed by atoms with Crippen molar-refractivity contribution in [1.29, 1.82) is 0 Å². The molecule has 0 amide bonds. The Hall–Kier alpha value is -1.59. The van der Waals surface area contributed by atoms with Crippen molar-refractivity contribution in [3.8, 4) is 5.75 Å². The van der Waals surface area contributed by atoms with E-state index in [0.717, 1.165) is 0 Å². The van der Waals surface area contributed by atoms with Crippen LogP contribution in [0.5, 0.6) is 5.75 Å². The van der Waals surface area contributed by atoms with Crippen molar-refractivity contribution in [2.24, 2.45) is 0 Å². The third-order valence-corrected chi connectivity index (χ3v) is 1.88. The van der Waals surface area contributed by atoms with E-state index in [9.17, 15) is 9.90 Å². The highest BCUT2D eigenvalue weighted by Crippen LogP contribution is 2.13.